The molecule has 0 aromatic carbocycles. The second-order valence-corrected chi connectivity index (χ2v) is 5.38. The van der Waals surface area contributed by atoms with Gasteiger partial charge in [0.2, 0.25) is 0 Å². The number of alkyl halides is 1. The Morgan fingerprint density at radius 1 is 1.55 bits per heavy atom. The van der Waals surface area contributed by atoms with Crippen molar-refractivity contribution in [2.24, 2.45) is 0 Å². The van der Waals surface area contributed by atoms with Gasteiger partial charge in [0.15, 0.2) is 12.0 Å². The van der Waals surface area contributed by atoms with Crippen LogP contribution in [-0.2, 0) is 0 Å². The molecule has 0 amide bonds. The van der Waals surface area contributed by atoms with Crippen molar-refractivity contribution in [2.45, 2.75) is 25.6 Å². The van der Waals surface area contributed by atoms with Gasteiger partial charge in [-0.1, -0.05) is 42.5 Å². The summed E-state index contributed by atoms with van der Waals surface area (Å²) >= 11 is 5.85. The molecule has 2 atom stereocenters. The Morgan fingerprint density at radius 3 is 3.00 bits per heavy atom. The lowest BCUT2D eigenvalue weighted by Gasteiger charge is -2.12. The lowest BCUT2D eigenvalue weighted by Crippen LogP contribution is -2.09. The van der Waals surface area contributed by atoms with Crippen LogP contribution >= 0.6 is 11.6 Å². The van der Waals surface area contributed by atoms with E-state index in [9.17, 15) is 4.39 Å². The van der Waals surface area contributed by atoms with Crippen molar-refractivity contribution in [3.05, 3.63) is 59.7 Å². The van der Waals surface area contributed by atoms with E-state index in [4.69, 9.17) is 11.6 Å². The number of nitrogens with zero attached hydrogens (tertiary/aromatic N) is 5. The van der Waals surface area contributed by atoms with Crippen LogP contribution in [0.3, 0.4) is 0 Å². The molecule has 2 aromatic heterocycles. The van der Waals surface area contributed by atoms with Crippen molar-refractivity contribution in [3.8, 4) is 5.95 Å². The van der Waals surface area contributed by atoms with E-state index >= 15 is 0 Å². The molecule has 22 heavy (non-hydrogen) atoms. The average Bonchev–Trinajstić information content (AvgIpc) is 3.16. The molecule has 0 bridgehead atoms. The van der Waals surface area contributed by atoms with Gasteiger partial charge in [-0.3, -0.25) is 0 Å². The average molecular weight is 320 g/mol. The van der Waals surface area contributed by atoms with Gasteiger partial charge in [-0.15, -0.1) is 5.10 Å². The fourth-order valence-electron chi connectivity index (χ4n) is 2.56. The van der Waals surface area contributed by atoms with Crippen molar-refractivity contribution >= 4 is 11.6 Å². The van der Waals surface area contributed by atoms with E-state index in [1.165, 1.54) is 10.9 Å². The zero-order valence-electron chi connectivity index (χ0n) is 12.0. The maximum Gasteiger partial charge on any atom is 0.269 e. The van der Waals surface area contributed by atoms with Crippen LogP contribution in [-0.4, -0.2) is 24.5 Å². The molecule has 1 aliphatic rings. The molecule has 0 radical (unpaired) electrons. The third-order valence-electron chi connectivity index (χ3n) is 3.46. The van der Waals surface area contributed by atoms with Gasteiger partial charge in [0, 0.05) is 6.42 Å². The lowest BCUT2D eigenvalue weighted by molar-refractivity contribution is 0.328. The molecule has 3 heterocycles. The Bertz CT molecular complexity index is 758. The largest absolute Gasteiger partial charge is 0.269 e. The minimum absolute atomic E-state index is 0.202. The molecular formula is C15H15ClFN5. The zero-order chi connectivity index (χ0) is 15.7. The summed E-state index contributed by atoms with van der Waals surface area (Å²) in [5.41, 5.74) is 0.939. The van der Waals surface area contributed by atoms with Gasteiger partial charge in [-0.25, -0.2) is 13.8 Å². The molecule has 0 saturated carbocycles. The van der Waals surface area contributed by atoms with Crippen LogP contribution in [0.5, 0.6) is 0 Å². The number of rotatable bonds is 4. The van der Waals surface area contributed by atoms with E-state index in [1.54, 1.807) is 17.0 Å². The summed E-state index contributed by atoms with van der Waals surface area (Å²) in [6.45, 7) is 5.62. The first-order valence-corrected chi connectivity index (χ1v) is 7.28. The topological polar surface area (TPSA) is 48.5 Å². The summed E-state index contributed by atoms with van der Waals surface area (Å²) in [7, 11) is 0. The molecule has 1 aliphatic heterocycles. The van der Waals surface area contributed by atoms with E-state index in [0.29, 0.717) is 23.2 Å². The van der Waals surface area contributed by atoms with Crippen molar-refractivity contribution < 1.29 is 4.39 Å². The Labute approximate surface area is 132 Å². The normalized spacial score (nSPS) is 21.5. The van der Waals surface area contributed by atoms with Crippen LogP contribution in [0.15, 0.2) is 48.8 Å². The van der Waals surface area contributed by atoms with Gasteiger partial charge < -0.3 is 0 Å². The number of allylic oxidation sites excluding steroid dienone is 5. The predicted octanol–water partition coefficient (Wildman–Crippen LogP) is 3.76. The highest BCUT2D eigenvalue weighted by molar-refractivity contribution is 6.30. The standard InChI is InChI=1S/C15H15ClFN5/c1-3-5-10(6-4-2)13-7-12(17)14-19-15(20-22(13)14)21-9-11(16)8-18-21/h3-6,8-9,12-13H,1,7H2,2H3/b6-4-,10-5+/t12-,13-/m0/s1. The molecule has 0 saturated heterocycles. The van der Waals surface area contributed by atoms with Crippen LogP contribution in [0, 0.1) is 0 Å². The van der Waals surface area contributed by atoms with Gasteiger partial charge in [0.05, 0.1) is 23.5 Å². The molecule has 3 rings (SSSR count). The third-order valence-corrected chi connectivity index (χ3v) is 3.66. The minimum Gasteiger partial charge on any atom is -0.239 e. The maximum absolute atomic E-state index is 14.3. The molecule has 114 valence electrons. The summed E-state index contributed by atoms with van der Waals surface area (Å²) in [5.74, 6) is 0.624. The molecule has 0 fully saturated rings. The molecule has 5 nitrogen and oxygen atoms in total. The van der Waals surface area contributed by atoms with Crippen LogP contribution in [0.1, 0.15) is 31.4 Å². The number of hydrogen-bond donors (Lipinski definition) is 0. The second kappa shape index (κ2) is 5.88. The van der Waals surface area contributed by atoms with Crippen molar-refractivity contribution in [3.63, 3.8) is 0 Å². The van der Waals surface area contributed by atoms with E-state index in [0.717, 1.165) is 5.57 Å². The summed E-state index contributed by atoms with van der Waals surface area (Å²) in [4.78, 5) is 4.25. The minimum atomic E-state index is -1.16. The monoisotopic (exact) mass is 319 g/mol. The fourth-order valence-corrected chi connectivity index (χ4v) is 2.69. The van der Waals surface area contributed by atoms with E-state index in [-0.39, 0.29) is 6.04 Å². The first kappa shape index (κ1) is 14.7. The molecule has 2 aromatic rings. The number of fused-ring (bicyclic) bond motifs is 1. The first-order chi connectivity index (χ1) is 10.6. The van der Waals surface area contributed by atoms with Gasteiger partial charge in [-0.05, 0) is 12.5 Å². The van der Waals surface area contributed by atoms with Crippen molar-refractivity contribution in [1.29, 1.82) is 0 Å². The SMILES string of the molecule is C=C/C=C(\C=C/C)[C@@H]1C[C@H](F)c2nc(-n3cc(Cl)cn3)nn21. The molecular weight excluding hydrogens is 305 g/mol. The van der Waals surface area contributed by atoms with Gasteiger partial charge in [-0.2, -0.15) is 10.1 Å². The number of aromatic nitrogens is 5. The zero-order valence-corrected chi connectivity index (χ0v) is 12.8. The highest BCUT2D eigenvalue weighted by Gasteiger charge is 2.36. The quantitative estimate of drug-likeness (QED) is 0.806. The van der Waals surface area contributed by atoms with Gasteiger partial charge in [0.25, 0.3) is 5.95 Å². The Morgan fingerprint density at radius 2 is 2.36 bits per heavy atom. The van der Waals surface area contributed by atoms with E-state index < -0.39 is 6.17 Å². The Balaban J connectivity index is 2.02. The van der Waals surface area contributed by atoms with Crippen LogP contribution in [0.4, 0.5) is 4.39 Å². The Kier molecular flexibility index (Phi) is 3.94. The second-order valence-electron chi connectivity index (χ2n) is 4.94. The predicted molar refractivity (Wildman–Crippen MR) is 82.8 cm³/mol. The van der Waals surface area contributed by atoms with E-state index in [2.05, 4.69) is 21.8 Å². The van der Waals surface area contributed by atoms with Crippen LogP contribution in [0.2, 0.25) is 5.02 Å². The maximum atomic E-state index is 14.3. The first-order valence-electron chi connectivity index (χ1n) is 6.90. The molecule has 0 aliphatic carbocycles. The lowest BCUT2D eigenvalue weighted by atomic mass is 10.0. The highest BCUT2D eigenvalue weighted by Crippen LogP contribution is 2.40. The van der Waals surface area contributed by atoms with Crippen molar-refractivity contribution in [2.75, 3.05) is 0 Å². The molecule has 0 N–H and O–H groups in total. The Hall–Kier alpha value is -2.21. The van der Waals surface area contributed by atoms with Gasteiger partial charge >= 0.3 is 0 Å². The summed E-state index contributed by atoms with van der Waals surface area (Å²) < 4.78 is 17.3. The summed E-state index contributed by atoms with van der Waals surface area (Å²) in [5, 5.41) is 8.91. The summed E-state index contributed by atoms with van der Waals surface area (Å²) in [6, 6.07) is -0.202. The fraction of sp³-hybridized carbons (Fsp3) is 0.267. The highest BCUT2D eigenvalue weighted by atomic mass is 35.5. The van der Waals surface area contributed by atoms with E-state index in [1.807, 2.05) is 25.2 Å². The molecule has 0 spiro atoms. The van der Waals surface area contributed by atoms with Crippen LogP contribution in [0.25, 0.3) is 5.95 Å². The number of hydrogen-bond acceptors (Lipinski definition) is 3. The number of halogens is 2. The molecule has 7 heteroatoms. The smallest absolute Gasteiger partial charge is 0.239 e. The van der Waals surface area contributed by atoms with Crippen molar-refractivity contribution in [1.82, 2.24) is 24.5 Å². The molecule has 0 unspecified atom stereocenters. The van der Waals surface area contributed by atoms with Crippen LogP contribution < -0.4 is 0 Å². The van der Waals surface area contributed by atoms with Gasteiger partial charge in [0.1, 0.15) is 0 Å². The summed E-state index contributed by atoms with van der Waals surface area (Å²) in [6.07, 6.45) is 9.62. The third kappa shape index (κ3) is 2.50.